The van der Waals surface area contributed by atoms with E-state index < -0.39 is 0 Å². The summed E-state index contributed by atoms with van der Waals surface area (Å²) >= 11 is 0. The second-order valence-corrected chi connectivity index (χ2v) is 4.06. The molecular formula is C14H17FN4O. The van der Waals surface area contributed by atoms with Crippen LogP contribution in [-0.2, 0) is 13.1 Å². The first-order valence-corrected chi connectivity index (χ1v) is 6.43. The molecule has 0 radical (unpaired) electrons. The maximum absolute atomic E-state index is 13.4. The van der Waals surface area contributed by atoms with Gasteiger partial charge in [-0.2, -0.15) is 0 Å². The van der Waals surface area contributed by atoms with E-state index in [1.165, 1.54) is 6.07 Å². The van der Waals surface area contributed by atoms with Crippen molar-refractivity contribution in [1.82, 2.24) is 15.6 Å². The lowest BCUT2D eigenvalue weighted by Gasteiger charge is -2.10. The summed E-state index contributed by atoms with van der Waals surface area (Å²) in [6.07, 6.45) is 3.17. The number of rotatable bonds is 5. The molecule has 0 amide bonds. The van der Waals surface area contributed by atoms with E-state index in [0.29, 0.717) is 24.7 Å². The predicted molar refractivity (Wildman–Crippen MR) is 74.6 cm³/mol. The minimum atomic E-state index is -0.349. The minimum Gasteiger partial charge on any atom is -0.467 e. The fourth-order valence-corrected chi connectivity index (χ4v) is 1.61. The highest BCUT2D eigenvalue weighted by Crippen LogP contribution is 2.04. The second kappa shape index (κ2) is 7.28. The van der Waals surface area contributed by atoms with Crippen molar-refractivity contribution in [3.63, 3.8) is 0 Å². The molecule has 0 aromatic carbocycles. The number of hydrogen-bond acceptors (Lipinski definition) is 3. The monoisotopic (exact) mass is 276 g/mol. The average molecular weight is 276 g/mol. The number of aromatic nitrogens is 1. The Bertz CT molecular complexity index is 554. The molecule has 0 aliphatic rings. The lowest BCUT2D eigenvalue weighted by atomic mass is 10.3. The van der Waals surface area contributed by atoms with E-state index in [1.54, 1.807) is 18.5 Å². The van der Waals surface area contributed by atoms with E-state index >= 15 is 0 Å². The summed E-state index contributed by atoms with van der Waals surface area (Å²) in [5, 5.41) is 6.19. The highest BCUT2D eigenvalue weighted by molar-refractivity contribution is 5.79. The molecule has 0 aliphatic heterocycles. The Morgan fingerprint density at radius 1 is 1.35 bits per heavy atom. The molecule has 0 saturated heterocycles. The summed E-state index contributed by atoms with van der Waals surface area (Å²) in [5.41, 5.74) is 0.322. The zero-order valence-corrected chi connectivity index (χ0v) is 11.3. The first-order valence-electron chi connectivity index (χ1n) is 6.43. The van der Waals surface area contributed by atoms with Crippen molar-refractivity contribution < 1.29 is 8.81 Å². The second-order valence-electron chi connectivity index (χ2n) is 4.06. The Balaban J connectivity index is 1.96. The lowest BCUT2D eigenvalue weighted by molar-refractivity contribution is 0.501. The summed E-state index contributed by atoms with van der Waals surface area (Å²) in [4.78, 5) is 8.26. The zero-order chi connectivity index (χ0) is 14.2. The van der Waals surface area contributed by atoms with Crippen LogP contribution < -0.4 is 10.6 Å². The number of guanidine groups is 1. The molecule has 0 aliphatic carbocycles. The van der Waals surface area contributed by atoms with Crippen LogP contribution in [0.1, 0.15) is 18.4 Å². The highest BCUT2D eigenvalue weighted by atomic mass is 19.1. The molecule has 0 unspecified atom stereocenters. The predicted octanol–water partition coefficient (Wildman–Crippen LogP) is 2.07. The van der Waals surface area contributed by atoms with Crippen molar-refractivity contribution in [1.29, 1.82) is 0 Å². The third-order valence-corrected chi connectivity index (χ3v) is 2.58. The zero-order valence-electron chi connectivity index (χ0n) is 11.3. The number of nitrogens with zero attached hydrogens (tertiary/aromatic N) is 2. The van der Waals surface area contributed by atoms with Gasteiger partial charge in [0.1, 0.15) is 11.6 Å². The van der Waals surface area contributed by atoms with E-state index in [4.69, 9.17) is 4.42 Å². The van der Waals surface area contributed by atoms with Crippen LogP contribution in [0.15, 0.2) is 46.1 Å². The van der Waals surface area contributed by atoms with Gasteiger partial charge in [-0.1, -0.05) is 0 Å². The van der Waals surface area contributed by atoms with Crippen molar-refractivity contribution in [2.75, 3.05) is 6.54 Å². The van der Waals surface area contributed by atoms with Gasteiger partial charge in [0.25, 0.3) is 0 Å². The minimum absolute atomic E-state index is 0.181. The summed E-state index contributed by atoms with van der Waals surface area (Å²) in [5.74, 6) is 1.05. The highest BCUT2D eigenvalue weighted by Gasteiger charge is 2.03. The number of nitrogens with one attached hydrogen (secondary N) is 2. The van der Waals surface area contributed by atoms with Crippen LogP contribution in [0, 0.1) is 5.82 Å². The molecule has 0 bridgehead atoms. The van der Waals surface area contributed by atoms with Crippen LogP contribution in [0.4, 0.5) is 4.39 Å². The van der Waals surface area contributed by atoms with Gasteiger partial charge in [-0.3, -0.25) is 4.98 Å². The molecule has 0 fully saturated rings. The van der Waals surface area contributed by atoms with E-state index in [1.807, 2.05) is 19.1 Å². The molecule has 2 heterocycles. The first kappa shape index (κ1) is 14.0. The van der Waals surface area contributed by atoms with Crippen molar-refractivity contribution in [2.45, 2.75) is 20.0 Å². The number of furan rings is 1. The SMILES string of the molecule is CCNC(=NCc1ncccc1F)NCc1ccco1. The first-order chi connectivity index (χ1) is 9.79. The number of aliphatic imine (C=N–C) groups is 1. The molecule has 0 saturated carbocycles. The molecule has 2 aromatic heterocycles. The molecule has 0 atom stereocenters. The van der Waals surface area contributed by atoms with Gasteiger partial charge in [-0.15, -0.1) is 0 Å². The quantitative estimate of drug-likeness (QED) is 0.648. The Hall–Kier alpha value is -2.37. The van der Waals surface area contributed by atoms with Crippen molar-refractivity contribution in [2.24, 2.45) is 4.99 Å². The largest absolute Gasteiger partial charge is 0.467 e. The van der Waals surface area contributed by atoms with Crippen molar-refractivity contribution in [3.05, 3.63) is 54.0 Å². The standard InChI is InChI=1S/C14H17FN4O/c1-2-16-14(18-9-11-5-4-8-20-11)19-10-13-12(15)6-3-7-17-13/h3-8H,2,9-10H2,1H3,(H2,16,18,19). The maximum Gasteiger partial charge on any atom is 0.192 e. The molecular weight excluding hydrogens is 259 g/mol. The van der Waals surface area contributed by atoms with Gasteiger partial charge in [0.2, 0.25) is 0 Å². The molecule has 2 aromatic rings. The number of pyridine rings is 1. The van der Waals surface area contributed by atoms with Gasteiger partial charge < -0.3 is 15.1 Å². The van der Waals surface area contributed by atoms with Gasteiger partial charge in [0.15, 0.2) is 5.96 Å². The molecule has 0 spiro atoms. The van der Waals surface area contributed by atoms with E-state index in [-0.39, 0.29) is 12.4 Å². The molecule has 5 nitrogen and oxygen atoms in total. The van der Waals surface area contributed by atoms with E-state index in [9.17, 15) is 4.39 Å². The summed E-state index contributed by atoms with van der Waals surface area (Å²) in [6.45, 7) is 3.38. The topological polar surface area (TPSA) is 62.5 Å². The Morgan fingerprint density at radius 2 is 2.25 bits per heavy atom. The molecule has 2 rings (SSSR count). The maximum atomic E-state index is 13.4. The van der Waals surface area contributed by atoms with Crippen LogP contribution in [0.5, 0.6) is 0 Å². The molecule has 20 heavy (non-hydrogen) atoms. The molecule has 106 valence electrons. The average Bonchev–Trinajstić information content (AvgIpc) is 2.97. The van der Waals surface area contributed by atoms with Crippen LogP contribution in [-0.4, -0.2) is 17.5 Å². The van der Waals surface area contributed by atoms with E-state index in [0.717, 1.165) is 5.76 Å². The van der Waals surface area contributed by atoms with Crippen LogP contribution in [0.2, 0.25) is 0 Å². The molecule has 2 N–H and O–H groups in total. The normalized spacial score (nSPS) is 11.4. The third kappa shape index (κ3) is 4.08. The van der Waals surface area contributed by atoms with Crippen LogP contribution >= 0.6 is 0 Å². The van der Waals surface area contributed by atoms with Crippen LogP contribution in [0.3, 0.4) is 0 Å². The Kier molecular flexibility index (Phi) is 5.11. The Morgan fingerprint density at radius 3 is 2.95 bits per heavy atom. The fraction of sp³-hybridized carbons (Fsp3) is 0.286. The third-order valence-electron chi connectivity index (χ3n) is 2.58. The summed E-state index contributed by atoms with van der Waals surface area (Å²) in [7, 11) is 0. The Labute approximate surface area is 116 Å². The number of halogens is 1. The van der Waals surface area contributed by atoms with Crippen molar-refractivity contribution in [3.8, 4) is 0 Å². The van der Waals surface area contributed by atoms with Gasteiger partial charge in [-0.05, 0) is 31.2 Å². The number of hydrogen-bond donors (Lipinski definition) is 2. The fourth-order valence-electron chi connectivity index (χ4n) is 1.61. The summed E-state index contributed by atoms with van der Waals surface area (Å²) in [6, 6.07) is 6.63. The summed E-state index contributed by atoms with van der Waals surface area (Å²) < 4.78 is 18.7. The van der Waals surface area contributed by atoms with Crippen molar-refractivity contribution >= 4 is 5.96 Å². The van der Waals surface area contributed by atoms with E-state index in [2.05, 4.69) is 20.6 Å². The van der Waals surface area contributed by atoms with Crippen LogP contribution in [0.25, 0.3) is 0 Å². The van der Waals surface area contributed by atoms with Gasteiger partial charge in [0.05, 0.1) is 25.0 Å². The van der Waals surface area contributed by atoms with Gasteiger partial charge in [-0.25, -0.2) is 9.38 Å². The van der Waals surface area contributed by atoms with Gasteiger partial charge in [0, 0.05) is 12.7 Å². The van der Waals surface area contributed by atoms with Gasteiger partial charge >= 0.3 is 0 Å². The molecule has 6 heteroatoms. The smallest absolute Gasteiger partial charge is 0.192 e. The lowest BCUT2D eigenvalue weighted by Crippen LogP contribution is -2.36.